The molecule has 0 fully saturated rings. The SMILES string of the molecule is O=Cc1cnc(Oc2ccc(F)cc2F)nc1. The summed E-state index contributed by atoms with van der Waals surface area (Å²) in [4.78, 5) is 17.7. The lowest BCUT2D eigenvalue weighted by Gasteiger charge is -2.04. The molecule has 0 radical (unpaired) electrons. The maximum absolute atomic E-state index is 13.2. The number of carbonyl (C=O) groups is 1. The third-order valence-corrected chi connectivity index (χ3v) is 1.88. The molecule has 1 aromatic heterocycles. The molecule has 0 unspecified atom stereocenters. The predicted octanol–water partition coefficient (Wildman–Crippen LogP) is 2.36. The number of hydrogen-bond donors (Lipinski definition) is 0. The second-order valence-electron chi connectivity index (χ2n) is 3.09. The first-order valence-corrected chi connectivity index (χ1v) is 4.59. The Kier molecular flexibility index (Phi) is 3.04. The van der Waals surface area contributed by atoms with Gasteiger partial charge in [-0.15, -0.1) is 0 Å². The molecule has 0 aliphatic carbocycles. The summed E-state index contributed by atoms with van der Waals surface area (Å²) in [6.07, 6.45) is 3.04. The number of rotatable bonds is 3. The van der Waals surface area contributed by atoms with Gasteiger partial charge in [-0.1, -0.05) is 0 Å². The van der Waals surface area contributed by atoms with E-state index in [0.29, 0.717) is 12.4 Å². The Labute approximate surface area is 94.9 Å². The average Bonchev–Trinajstić information content (AvgIpc) is 2.34. The van der Waals surface area contributed by atoms with Crippen LogP contribution in [0.5, 0.6) is 11.8 Å². The van der Waals surface area contributed by atoms with Gasteiger partial charge in [-0.25, -0.2) is 18.7 Å². The molecule has 17 heavy (non-hydrogen) atoms. The fourth-order valence-electron chi connectivity index (χ4n) is 1.10. The minimum Gasteiger partial charge on any atom is -0.421 e. The fraction of sp³-hybridized carbons (Fsp3) is 0. The van der Waals surface area contributed by atoms with Gasteiger partial charge in [0.25, 0.3) is 0 Å². The molecule has 6 heteroatoms. The van der Waals surface area contributed by atoms with Gasteiger partial charge < -0.3 is 4.74 Å². The Hall–Kier alpha value is -2.37. The molecule has 0 spiro atoms. The van der Waals surface area contributed by atoms with Gasteiger partial charge in [-0.3, -0.25) is 4.79 Å². The molecule has 86 valence electrons. The standard InChI is InChI=1S/C11H6F2N2O2/c12-8-1-2-10(9(13)3-8)17-11-14-4-7(6-16)5-15-11/h1-6H. The van der Waals surface area contributed by atoms with Crippen LogP contribution in [-0.4, -0.2) is 16.3 Å². The minimum atomic E-state index is -0.854. The predicted molar refractivity (Wildman–Crippen MR) is 53.9 cm³/mol. The smallest absolute Gasteiger partial charge is 0.322 e. The number of benzene rings is 1. The number of halogens is 2. The first-order chi connectivity index (χ1) is 8.19. The van der Waals surface area contributed by atoms with Crippen molar-refractivity contribution in [2.24, 2.45) is 0 Å². The third-order valence-electron chi connectivity index (χ3n) is 1.88. The highest BCUT2D eigenvalue weighted by Crippen LogP contribution is 2.21. The first-order valence-electron chi connectivity index (χ1n) is 4.59. The Morgan fingerprint density at radius 3 is 2.47 bits per heavy atom. The van der Waals surface area contributed by atoms with E-state index < -0.39 is 11.6 Å². The van der Waals surface area contributed by atoms with Crippen LogP contribution in [0.25, 0.3) is 0 Å². The van der Waals surface area contributed by atoms with E-state index in [1.807, 2.05) is 0 Å². The molecule has 2 rings (SSSR count). The molecule has 0 saturated carbocycles. The maximum atomic E-state index is 13.2. The Morgan fingerprint density at radius 1 is 1.18 bits per heavy atom. The Morgan fingerprint density at radius 2 is 1.88 bits per heavy atom. The summed E-state index contributed by atoms with van der Waals surface area (Å²) in [5, 5.41) is 0. The quantitative estimate of drug-likeness (QED) is 0.767. The van der Waals surface area contributed by atoms with E-state index in [1.54, 1.807) is 0 Å². The van der Waals surface area contributed by atoms with Crippen molar-refractivity contribution < 1.29 is 18.3 Å². The highest BCUT2D eigenvalue weighted by molar-refractivity contribution is 5.73. The highest BCUT2D eigenvalue weighted by Gasteiger charge is 2.07. The van der Waals surface area contributed by atoms with Crippen LogP contribution in [0.3, 0.4) is 0 Å². The molecule has 0 amide bonds. The van der Waals surface area contributed by atoms with Crippen molar-refractivity contribution in [3.63, 3.8) is 0 Å². The number of aldehydes is 1. The summed E-state index contributed by atoms with van der Waals surface area (Å²) in [5.74, 6) is -1.75. The summed E-state index contributed by atoms with van der Waals surface area (Å²) in [5.41, 5.74) is 0.275. The average molecular weight is 236 g/mol. The van der Waals surface area contributed by atoms with Gasteiger partial charge in [0.05, 0.1) is 5.56 Å². The van der Waals surface area contributed by atoms with Gasteiger partial charge in [0.1, 0.15) is 5.82 Å². The Bertz CT molecular complexity index is 544. The summed E-state index contributed by atoms with van der Waals surface area (Å²) in [7, 11) is 0. The van der Waals surface area contributed by atoms with E-state index in [1.165, 1.54) is 12.4 Å². The molecule has 0 bridgehead atoms. The summed E-state index contributed by atoms with van der Waals surface area (Å²) in [6.45, 7) is 0. The first kappa shape index (κ1) is 11.1. The molecule has 0 atom stereocenters. The third kappa shape index (κ3) is 2.60. The lowest BCUT2D eigenvalue weighted by Crippen LogP contribution is -1.95. The van der Waals surface area contributed by atoms with Crippen molar-refractivity contribution in [1.29, 1.82) is 0 Å². The van der Waals surface area contributed by atoms with Crippen molar-refractivity contribution in [3.05, 3.63) is 47.8 Å². The normalized spacial score (nSPS) is 10.0. The van der Waals surface area contributed by atoms with Crippen LogP contribution < -0.4 is 4.74 Å². The topological polar surface area (TPSA) is 52.1 Å². The summed E-state index contributed by atoms with van der Waals surface area (Å²) in [6, 6.07) is 2.75. The molecule has 1 heterocycles. The zero-order chi connectivity index (χ0) is 12.3. The van der Waals surface area contributed by atoms with Crippen molar-refractivity contribution in [3.8, 4) is 11.8 Å². The van der Waals surface area contributed by atoms with Crippen LogP contribution >= 0.6 is 0 Å². The molecule has 4 nitrogen and oxygen atoms in total. The number of aromatic nitrogens is 2. The summed E-state index contributed by atoms with van der Waals surface area (Å²) < 4.78 is 30.8. The molecule has 0 aliphatic heterocycles. The lowest BCUT2D eigenvalue weighted by atomic mass is 10.3. The van der Waals surface area contributed by atoms with Crippen molar-refractivity contribution >= 4 is 6.29 Å². The van der Waals surface area contributed by atoms with E-state index in [2.05, 4.69) is 9.97 Å². The number of carbonyl (C=O) groups excluding carboxylic acids is 1. The van der Waals surface area contributed by atoms with Crippen molar-refractivity contribution in [2.45, 2.75) is 0 Å². The zero-order valence-electron chi connectivity index (χ0n) is 8.43. The fourth-order valence-corrected chi connectivity index (χ4v) is 1.10. The van der Waals surface area contributed by atoms with Gasteiger partial charge >= 0.3 is 6.01 Å². The largest absolute Gasteiger partial charge is 0.421 e. The lowest BCUT2D eigenvalue weighted by molar-refractivity contribution is 0.112. The Balaban J connectivity index is 2.22. The zero-order valence-corrected chi connectivity index (χ0v) is 8.43. The van der Waals surface area contributed by atoms with Crippen LogP contribution in [0.4, 0.5) is 8.78 Å². The van der Waals surface area contributed by atoms with Crippen molar-refractivity contribution in [2.75, 3.05) is 0 Å². The van der Waals surface area contributed by atoms with Gasteiger partial charge in [0, 0.05) is 18.5 Å². The molecule has 0 aliphatic rings. The van der Waals surface area contributed by atoms with E-state index in [9.17, 15) is 13.6 Å². The number of nitrogens with zero attached hydrogens (tertiary/aromatic N) is 2. The molecule has 0 N–H and O–H groups in total. The number of ether oxygens (including phenoxy) is 1. The second-order valence-corrected chi connectivity index (χ2v) is 3.09. The highest BCUT2D eigenvalue weighted by atomic mass is 19.1. The monoisotopic (exact) mass is 236 g/mol. The van der Waals surface area contributed by atoms with Crippen LogP contribution in [0.2, 0.25) is 0 Å². The molecular weight excluding hydrogens is 230 g/mol. The van der Waals surface area contributed by atoms with Gasteiger partial charge in [-0.05, 0) is 12.1 Å². The van der Waals surface area contributed by atoms with Gasteiger partial charge in [0.15, 0.2) is 17.9 Å². The molecular formula is C11H6F2N2O2. The molecule has 1 aromatic carbocycles. The van der Waals surface area contributed by atoms with E-state index in [4.69, 9.17) is 4.74 Å². The molecule has 0 saturated heterocycles. The van der Waals surface area contributed by atoms with Crippen LogP contribution in [-0.2, 0) is 0 Å². The van der Waals surface area contributed by atoms with Crippen LogP contribution in [0, 0.1) is 11.6 Å². The van der Waals surface area contributed by atoms with E-state index >= 15 is 0 Å². The summed E-state index contributed by atoms with van der Waals surface area (Å²) >= 11 is 0. The molecule has 2 aromatic rings. The minimum absolute atomic E-state index is 0.124. The van der Waals surface area contributed by atoms with Crippen molar-refractivity contribution in [1.82, 2.24) is 9.97 Å². The van der Waals surface area contributed by atoms with E-state index in [0.717, 1.165) is 12.1 Å². The maximum Gasteiger partial charge on any atom is 0.322 e. The van der Waals surface area contributed by atoms with Gasteiger partial charge in [-0.2, -0.15) is 0 Å². The van der Waals surface area contributed by atoms with E-state index in [-0.39, 0.29) is 17.3 Å². The van der Waals surface area contributed by atoms with Crippen LogP contribution in [0.15, 0.2) is 30.6 Å². The van der Waals surface area contributed by atoms with Gasteiger partial charge in [0.2, 0.25) is 0 Å². The second kappa shape index (κ2) is 4.65. The number of hydrogen-bond acceptors (Lipinski definition) is 4. The van der Waals surface area contributed by atoms with Crippen LogP contribution in [0.1, 0.15) is 10.4 Å².